The third kappa shape index (κ3) is 1.49. The maximum Gasteiger partial charge on any atom is 0.190 e. The van der Waals surface area contributed by atoms with Gasteiger partial charge in [-0.1, -0.05) is 0 Å². The second-order valence-corrected chi connectivity index (χ2v) is 4.74. The first-order chi connectivity index (χ1) is 8.58. The summed E-state index contributed by atoms with van der Waals surface area (Å²) in [5, 5.41) is 19.0. The van der Waals surface area contributed by atoms with Gasteiger partial charge in [-0.25, -0.2) is 0 Å². The van der Waals surface area contributed by atoms with E-state index in [-0.39, 0.29) is 29.3 Å². The monoisotopic (exact) mass is 244 g/mol. The van der Waals surface area contributed by atoms with Crippen LogP contribution >= 0.6 is 0 Å². The van der Waals surface area contributed by atoms with Crippen molar-refractivity contribution in [1.82, 2.24) is 0 Å². The molecular formula is C14H12O4. The van der Waals surface area contributed by atoms with Crippen molar-refractivity contribution in [1.29, 1.82) is 0 Å². The number of Topliss-reactive ketones (excluding diaryl/α,β-unsaturated/α-hetero) is 2. The van der Waals surface area contributed by atoms with Crippen LogP contribution in [-0.2, 0) is 0 Å². The first kappa shape index (κ1) is 11.2. The maximum atomic E-state index is 12.3. The topological polar surface area (TPSA) is 74.6 Å². The Labute approximate surface area is 104 Å². The zero-order chi connectivity index (χ0) is 12.9. The molecule has 0 aliphatic heterocycles. The Morgan fingerprint density at radius 1 is 1.06 bits per heavy atom. The number of hydrogen-bond donors (Lipinski definition) is 2. The van der Waals surface area contributed by atoms with Crippen molar-refractivity contribution in [3.8, 4) is 5.75 Å². The molecule has 0 heterocycles. The number of hydrogen-bond acceptors (Lipinski definition) is 4. The first-order valence-electron chi connectivity index (χ1n) is 5.90. The Hall–Kier alpha value is -1.94. The maximum absolute atomic E-state index is 12.3. The number of aliphatic hydroxyl groups is 1. The fraction of sp³-hybridized carbons (Fsp3) is 0.286. The van der Waals surface area contributed by atoms with Gasteiger partial charge in [0.1, 0.15) is 5.75 Å². The van der Waals surface area contributed by atoms with E-state index in [4.69, 9.17) is 0 Å². The highest BCUT2D eigenvalue weighted by Crippen LogP contribution is 2.36. The van der Waals surface area contributed by atoms with Crippen LogP contribution in [0.25, 0.3) is 0 Å². The van der Waals surface area contributed by atoms with Gasteiger partial charge in [0.25, 0.3) is 0 Å². The number of rotatable bonds is 0. The second kappa shape index (κ2) is 3.78. The Morgan fingerprint density at radius 3 is 2.56 bits per heavy atom. The molecule has 0 spiro atoms. The molecule has 18 heavy (non-hydrogen) atoms. The minimum absolute atomic E-state index is 0.0187. The Morgan fingerprint density at radius 2 is 1.78 bits per heavy atom. The van der Waals surface area contributed by atoms with E-state index < -0.39 is 6.10 Å². The Kier molecular flexibility index (Phi) is 2.35. The molecule has 3 rings (SSSR count). The van der Waals surface area contributed by atoms with E-state index in [0.717, 1.165) is 0 Å². The number of phenols is 1. The summed E-state index contributed by atoms with van der Waals surface area (Å²) < 4.78 is 0. The third-order valence-electron chi connectivity index (χ3n) is 3.57. The predicted molar refractivity (Wildman–Crippen MR) is 63.7 cm³/mol. The van der Waals surface area contributed by atoms with Gasteiger partial charge in [-0.05, 0) is 31.0 Å². The summed E-state index contributed by atoms with van der Waals surface area (Å²) in [6.45, 7) is 0. The van der Waals surface area contributed by atoms with Crippen LogP contribution in [0.3, 0.4) is 0 Å². The molecule has 0 amide bonds. The number of benzene rings is 1. The van der Waals surface area contributed by atoms with Crippen LogP contribution in [0.15, 0.2) is 29.3 Å². The van der Waals surface area contributed by atoms with Crippen molar-refractivity contribution < 1.29 is 19.8 Å². The van der Waals surface area contributed by atoms with Crippen molar-refractivity contribution in [3.63, 3.8) is 0 Å². The highest BCUT2D eigenvalue weighted by Gasteiger charge is 2.35. The molecule has 0 fully saturated rings. The molecule has 0 saturated heterocycles. The second-order valence-electron chi connectivity index (χ2n) is 4.74. The van der Waals surface area contributed by atoms with Crippen LogP contribution in [0.4, 0.5) is 0 Å². The fourth-order valence-electron chi connectivity index (χ4n) is 2.65. The zero-order valence-electron chi connectivity index (χ0n) is 9.64. The zero-order valence-corrected chi connectivity index (χ0v) is 9.64. The lowest BCUT2D eigenvalue weighted by molar-refractivity contribution is 0.0929. The Balaban J connectivity index is 2.17. The molecule has 2 aliphatic carbocycles. The average Bonchev–Trinajstić information content (AvgIpc) is 2.36. The molecule has 1 unspecified atom stereocenters. The minimum atomic E-state index is -0.542. The number of aliphatic hydroxyl groups excluding tert-OH is 1. The number of fused-ring (bicyclic) bond motifs is 1. The number of allylic oxidation sites excluding steroid dienone is 1. The fourth-order valence-corrected chi connectivity index (χ4v) is 2.65. The molecule has 4 nitrogen and oxygen atoms in total. The standard InChI is InChI=1S/C14H12O4/c15-7-1-3-9-11(5-7)14(18)10-4-2-8(16)6-12(10)13(9)17/h1,3,5,8,15-16H,2,4,6H2. The molecule has 92 valence electrons. The summed E-state index contributed by atoms with van der Waals surface area (Å²) in [6, 6.07) is 4.20. The summed E-state index contributed by atoms with van der Waals surface area (Å²) in [6.07, 6.45) is 0.640. The number of carbonyl (C=O) groups is 2. The molecule has 4 heteroatoms. The number of carbonyl (C=O) groups excluding carboxylic acids is 2. The van der Waals surface area contributed by atoms with Crippen LogP contribution in [0.5, 0.6) is 5.75 Å². The van der Waals surface area contributed by atoms with Gasteiger partial charge in [-0.3, -0.25) is 9.59 Å². The molecule has 0 saturated carbocycles. The van der Waals surface area contributed by atoms with Crippen molar-refractivity contribution >= 4 is 11.6 Å². The normalized spacial score (nSPS) is 22.8. The molecule has 1 atom stereocenters. The number of aromatic hydroxyl groups is 1. The van der Waals surface area contributed by atoms with Gasteiger partial charge in [0.2, 0.25) is 0 Å². The van der Waals surface area contributed by atoms with Crippen molar-refractivity contribution in [2.45, 2.75) is 25.4 Å². The molecule has 2 N–H and O–H groups in total. The molecule has 1 aromatic rings. The largest absolute Gasteiger partial charge is 0.508 e. The molecule has 0 radical (unpaired) electrons. The van der Waals surface area contributed by atoms with Crippen molar-refractivity contribution in [2.75, 3.05) is 0 Å². The van der Waals surface area contributed by atoms with Gasteiger partial charge >= 0.3 is 0 Å². The van der Waals surface area contributed by atoms with Crippen LogP contribution in [0, 0.1) is 0 Å². The molecular weight excluding hydrogens is 232 g/mol. The van der Waals surface area contributed by atoms with E-state index in [2.05, 4.69) is 0 Å². The summed E-state index contributed by atoms with van der Waals surface area (Å²) in [7, 11) is 0. The first-order valence-corrected chi connectivity index (χ1v) is 5.90. The van der Waals surface area contributed by atoms with E-state index in [1.54, 1.807) is 0 Å². The smallest absolute Gasteiger partial charge is 0.190 e. The lowest BCUT2D eigenvalue weighted by atomic mass is 9.76. The lowest BCUT2D eigenvalue weighted by Crippen LogP contribution is -2.28. The van der Waals surface area contributed by atoms with Gasteiger partial charge in [0.05, 0.1) is 6.10 Å². The minimum Gasteiger partial charge on any atom is -0.508 e. The van der Waals surface area contributed by atoms with Crippen molar-refractivity contribution in [3.05, 3.63) is 40.5 Å². The van der Waals surface area contributed by atoms with Crippen LogP contribution in [0.1, 0.15) is 40.0 Å². The summed E-state index contributed by atoms with van der Waals surface area (Å²) >= 11 is 0. The predicted octanol–water partition coefficient (Wildman–Crippen LogP) is 1.61. The average molecular weight is 244 g/mol. The van der Waals surface area contributed by atoms with Gasteiger partial charge in [-0.15, -0.1) is 0 Å². The summed E-state index contributed by atoms with van der Waals surface area (Å²) in [4.78, 5) is 24.5. The SMILES string of the molecule is O=C1C2=C(CC(O)CC2)C(=O)c2ccc(O)cc21. The van der Waals surface area contributed by atoms with E-state index >= 15 is 0 Å². The van der Waals surface area contributed by atoms with Crippen LogP contribution < -0.4 is 0 Å². The van der Waals surface area contributed by atoms with Crippen molar-refractivity contribution in [2.24, 2.45) is 0 Å². The van der Waals surface area contributed by atoms with E-state index in [0.29, 0.717) is 29.6 Å². The van der Waals surface area contributed by atoms with E-state index in [9.17, 15) is 19.8 Å². The summed E-state index contributed by atoms with van der Waals surface area (Å²) in [5.74, 6) is -0.407. The number of phenolic OH excluding ortho intramolecular Hbond substituents is 1. The van der Waals surface area contributed by atoms with Crippen LogP contribution in [-0.4, -0.2) is 27.9 Å². The van der Waals surface area contributed by atoms with Gasteiger partial charge in [0, 0.05) is 28.7 Å². The molecule has 0 bridgehead atoms. The van der Waals surface area contributed by atoms with Gasteiger partial charge in [-0.2, -0.15) is 0 Å². The lowest BCUT2D eigenvalue weighted by Gasteiger charge is -2.27. The van der Waals surface area contributed by atoms with Gasteiger partial charge < -0.3 is 10.2 Å². The van der Waals surface area contributed by atoms with Crippen LogP contribution in [0.2, 0.25) is 0 Å². The quantitative estimate of drug-likeness (QED) is 0.727. The Bertz CT molecular complexity index is 598. The number of ketones is 2. The molecule has 2 aliphatic rings. The highest BCUT2D eigenvalue weighted by molar-refractivity contribution is 6.27. The molecule has 1 aromatic carbocycles. The van der Waals surface area contributed by atoms with E-state index in [1.165, 1.54) is 18.2 Å². The highest BCUT2D eigenvalue weighted by atomic mass is 16.3. The summed E-state index contributed by atoms with van der Waals surface area (Å²) in [5.41, 5.74) is 1.54. The third-order valence-corrected chi connectivity index (χ3v) is 3.57. The van der Waals surface area contributed by atoms with Gasteiger partial charge in [0.15, 0.2) is 11.6 Å². The van der Waals surface area contributed by atoms with E-state index in [1.807, 2.05) is 0 Å². The molecule has 0 aromatic heterocycles.